The zero-order chi connectivity index (χ0) is 32.3. The number of aryl methyl sites for hydroxylation is 2. The molecule has 5 aromatic rings. The predicted molar refractivity (Wildman–Crippen MR) is 184 cm³/mol. The fourth-order valence-corrected chi connectivity index (χ4v) is 4.17. The monoisotopic (exact) mass is 607 g/mol. The number of benzene rings is 5. The number of anilines is 1. The maximum atomic E-state index is 9.19. The molecular formula is C34H38BN5O3S. The molecule has 0 fully saturated rings. The Morgan fingerprint density at radius 3 is 1.73 bits per heavy atom. The molecule has 0 bridgehead atoms. The first-order valence-electron chi connectivity index (χ1n) is 14.3. The third-order valence-corrected chi connectivity index (χ3v) is 6.54. The second-order valence-corrected chi connectivity index (χ2v) is 11.8. The minimum atomic E-state index is -3.67. The first-order chi connectivity index (χ1) is 20.9. The van der Waals surface area contributed by atoms with E-state index in [4.69, 9.17) is 12.5 Å². The van der Waals surface area contributed by atoms with Gasteiger partial charge in [0, 0.05) is 16.5 Å². The van der Waals surface area contributed by atoms with E-state index in [-0.39, 0.29) is 0 Å². The fourth-order valence-electron chi connectivity index (χ4n) is 4.17. The van der Waals surface area contributed by atoms with E-state index in [0.29, 0.717) is 6.26 Å². The van der Waals surface area contributed by atoms with Crippen molar-refractivity contribution in [1.82, 2.24) is 0 Å². The molecule has 5 aromatic carbocycles. The van der Waals surface area contributed by atoms with Crippen LogP contribution in [0, 0.1) is 13.8 Å². The van der Waals surface area contributed by atoms with Crippen molar-refractivity contribution >= 4 is 68.1 Å². The molecule has 10 heteroatoms. The third-order valence-electron chi connectivity index (χ3n) is 6.54. The third kappa shape index (κ3) is 10.1. The Kier molecular flexibility index (Phi) is 12.3. The van der Waals surface area contributed by atoms with Gasteiger partial charge < -0.3 is 4.81 Å². The summed E-state index contributed by atoms with van der Waals surface area (Å²) in [6, 6.07) is 30.3. The van der Waals surface area contributed by atoms with Crippen molar-refractivity contribution in [1.29, 1.82) is 0 Å². The normalized spacial score (nSPS) is 11.3. The van der Waals surface area contributed by atoms with Crippen LogP contribution in [0.5, 0.6) is 0 Å². The van der Waals surface area contributed by atoms with E-state index in [9.17, 15) is 8.42 Å². The van der Waals surface area contributed by atoms with Gasteiger partial charge in [-0.2, -0.15) is 18.6 Å². The maximum absolute atomic E-state index is 9.19. The van der Waals surface area contributed by atoms with Gasteiger partial charge in [0.2, 0.25) is 7.98 Å². The Morgan fingerprint density at radius 1 is 0.682 bits per heavy atom. The first-order valence-corrected chi connectivity index (χ1v) is 16.1. The molecule has 5 rings (SSSR count). The summed E-state index contributed by atoms with van der Waals surface area (Å²) < 4.78 is 25.9. The number of fused-ring (bicyclic) bond motifs is 2. The Labute approximate surface area is 261 Å². The van der Waals surface area contributed by atoms with E-state index < -0.39 is 10.1 Å². The van der Waals surface area contributed by atoms with Crippen molar-refractivity contribution in [3.63, 3.8) is 0 Å². The molecular weight excluding hydrogens is 569 g/mol. The smallest absolute Gasteiger partial charge is 0.261 e. The van der Waals surface area contributed by atoms with Crippen LogP contribution in [-0.4, -0.2) is 34.3 Å². The van der Waals surface area contributed by atoms with Gasteiger partial charge in [-0.3, -0.25) is 4.55 Å². The van der Waals surface area contributed by atoms with E-state index >= 15 is 0 Å². The molecule has 44 heavy (non-hydrogen) atoms. The average molecular weight is 608 g/mol. The van der Waals surface area contributed by atoms with Crippen molar-refractivity contribution < 1.29 is 13.0 Å². The highest BCUT2D eigenvalue weighted by atomic mass is 32.2. The molecule has 0 aliphatic heterocycles. The molecule has 0 aromatic heterocycles. The van der Waals surface area contributed by atoms with Crippen molar-refractivity contribution in [2.24, 2.45) is 20.5 Å². The van der Waals surface area contributed by atoms with Gasteiger partial charge in [-0.25, -0.2) is 0 Å². The number of hydrogen-bond donors (Lipinski definition) is 1. The summed E-state index contributed by atoms with van der Waals surface area (Å²) in [4.78, 5) is 1.61. The second kappa shape index (κ2) is 15.9. The van der Waals surface area contributed by atoms with Crippen LogP contribution >= 0.6 is 0 Å². The van der Waals surface area contributed by atoms with Gasteiger partial charge >= 0.3 is 0 Å². The molecule has 0 saturated heterocycles. The summed E-state index contributed by atoms with van der Waals surface area (Å²) in [5.74, 6) is 0. The topological polar surface area (TPSA) is 107 Å². The Balaban J connectivity index is 0.000000519. The summed E-state index contributed by atoms with van der Waals surface area (Å²) in [5.41, 5.74) is 6.22. The zero-order valence-electron chi connectivity index (χ0n) is 26.1. The Morgan fingerprint density at radius 2 is 1.18 bits per heavy atom. The quantitative estimate of drug-likeness (QED) is 0.118. The lowest BCUT2D eigenvalue weighted by Gasteiger charge is -2.17. The summed E-state index contributed by atoms with van der Waals surface area (Å²) in [5, 5.41) is 22.5. The largest absolute Gasteiger partial charge is 0.427 e. The van der Waals surface area contributed by atoms with E-state index in [2.05, 4.69) is 52.5 Å². The first kappa shape index (κ1) is 34.1. The SMILES string of the molecule is CCCC.CS(=O)(=O)O.[B]N(C)c1cc(C)c(N=Nc2ccc(N=Nc3ccc4ccccc4c3)c3ccccc23)cc1C. The van der Waals surface area contributed by atoms with Gasteiger partial charge in [-0.1, -0.05) is 81.3 Å². The van der Waals surface area contributed by atoms with Gasteiger partial charge in [-0.05, 0) is 79.2 Å². The predicted octanol–water partition coefficient (Wildman–Crippen LogP) is 10.3. The lowest BCUT2D eigenvalue weighted by atomic mass is 10.1. The molecule has 226 valence electrons. The van der Waals surface area contributed by atoms with Crippen molar-refractivity contribution in [3.05, 3.63) is 102 Å². The number of hydrogen-bond acceptors (Lipinski definition) is 7. The second-order valence-electron chi connectivity index (χ2n) is 10.3. The minimum Gasteiger partial charge on any atom is -0.427 e. The minimum absolute atomic E-state index is 0.715. The highest BCUT2D eigenvalue weighted by molar-refractivity contribution is 7.85. The Hall–Kier alpha value is -4.41. The lowest BCUT2D eigenvalue weighted by molar-refractivity contribution is 0.490. The molecule has 8 nitrogen and oxygen atoms in total. The number of azo groups is 2. The van der Waals surface area contributed by atoms with Gasteiger partial charge in [-0.15, -0.1) is 10.2 Å². The van der Waals surface area contributed by atoms with Crippen LogP contribution in [0.3, 0.4) is 0 Å². The molecule has 0 atom stereocenters. The van der Waals surface area contributed by atoms with E-state index in [1.165, 1.54) is 18.2 Å². The Bertz CT molecular complexity index is 1880. The highest BCUT2D eigenvalue weighted by Crippen LogP contribution is 2.36. The molecule has 1 N–H and O–H groups in total. The molecule has 0 spiro atoms. The van der Waals surface area contributed by atoms with E-state index in [1.807, 2.05) is 93.7 Å². The number of nitrogens with zero attached hydrogens (tertiary/aromatic N) is 5. The molecule has 2 radical (unpaired) electrons. The van der Waals surface area contributed by atoms with Crippen molar-refractivity contribution in [2.45, 2.75) is 40.5 Å². The van der Waals surface area contributed by atoms with Crippen LogP contribution in [0.2, 0.25) is 0 Å². The molecule has 0 aliphatic carbocycles. The van der Waals surface area contributed by atoms with Crippen LogP contribution in [-0.2, 0) is 10.1 Å². The van der Waals surface area contributed by atoms with Crippen LogP contribution in [0.1, 0.15) is 37.8 Å². The molecule has 0 heterocycles. The lowest BCUT2D eigenvalue weighted by Crippen LogP contribution is -2.12. The van der Waals surface area contributed by atoms with Gasteiger partial charge in [0.05, 0.1) is 29.0 Å². The highest BCUT2D eigenvalue weighted by Gasteiger charge is 2.08. The maximum Gasteiger partial charge on any atom is 0.261 e. The van der Waals surface area contributed by atoms with Crippen LogP contribution in [0.25, 0.3) is 21.5 Å². The van der Waals surface area contributed by atoms with Crippen LogP contribution in [0.4, 0.5) is 28.4 Å². The van der Waals surface area contributed by atoms with Crippen LogP contribution in [0.15, 0.2) is 111 Å². The van der Waals surface area contributed by atoms with Crippen molar-refractivity contribution in [2.75, 3.05) is 18.1 Å². The molecule has 0 amide bonds. The summed E-state index contributed by atoms with van der Waals surface area (Å²) in [6.45, 7) is 8.39. The van der Waals surface area contributed by atoms with Gasteiger partial charge in [0.25, 0.3) is 10.1 Å². The molecule has 0 unspecified atom stereocenters. The molecule has 0 aliphatic rings. The summed E-state index contributed by atoms with van der Waals surface area (Å²) >= 11 is 0. The van der Waals surface area contributed by atoms with Gasteiger partial charge in [0.15, 0.2) is 0 Å². The number of rotatable bonds is 6. The van der Waals surface area contributed by atoms with Crippen LogP contribution < -0.4 is 4.81 Å². The van der Waals surface area contributed by atoms with E-state index in [1.54, 1.807) is 4.81 Å². The summed E-state index contributed by atoms with van der Waals surface area (Å²) in [6.07, 6.45) is 3.35. The average Bonchev–Trinajstić information content (AvgIpc) is 2.99. The van der Waals surface area contributed by atoms with Gasteiger partial charge in [0.1, 0.15) is 0 Å². The molecule has 0 saturated carbocycles. The standard InChI is InChI=1S/C29H24BN5.C4H10.CH4O3S/c1-19-17-29(35(3)30)20(2)16-28(19)34-33-27-15-14-26(24-10-6-7-11-25(24)27)32-31-23-13-12-21-8-4-5-9-22(21)18-23;1-3-4-2;1-5(2,3)4/h4-18H,1-3H3;3-4H2,1-2H3;1H3,(H,2,3,4). The fraction of sp³-hybridized carbons (Fsp3) is 0.235. The summed E-state index contributed by atoms with van der Waals surface area (Å²) in [7, 11) is 4.08. The van der Waals surface area contributed by atoms with Crippen molar-refractivity contribution in [3.8, 4) is 0 Å². The number of unbranched alkanes of at least 4 members (excludes halogenated alkanes) is 1. The van der Waals surface area contributed by atoms with E-state index in [0.717, 1.165) is 55.7 Å². The zero-order valence-corrected chi connectivity index (χ0v) is 26.9.